The standard InChI is InChI=1S/C14H22N2O/c1-11-6-12(2)8-13(7-11)9-16(5)10-14(17)15(3)4/h6-8H,9-10H2,1-5H3. The largest absolute Gasteiger partial charge is 0.348 e. The Kier molecular flexibility index (Phi) is 4.70. The van der Waals surface area contributed by atoms with Crippen molar-refractivity contribution in [3.63, 3.8) is 0 Å². The van der Waals surface area contributed by atoms with E-state index in [4.69, 9.17) is 0 Å². The van der Waals surface area contributed by atoms with Gasteiger partial charge in [0.25, 0.3) is 0 Å². The van der Waals surface area contributed by atoms with Gasteiger partial charge < -0.3 is 4.90 Å². The summed E-state index contributed by atoms with van der Waals surface area (Å²) in [5, 5.41) is 0. The summed E-state index contributed by atoms with van der Waals surface area (Å²) in [6.45, 7) is 5.46. The molecular weight excluding hydrogens is 212 g/mol. The lowest BCUT2D eigenvalue weighted by Crippen LogP contribution is -2.34. The van der Waals surface area contributed by atoms with Crippen LogP contribution in [0.3, 0.4) is 0 Å². The van der Waals surface area contributed by atoms with E-state index in [0.717, 1.165) is 6.54 Å². The number of nitrogens with zero attached hydrogens (tertiary/aromatic N) is 2. The van der Waals surface area contributed by atoms with Gasteiger partial charge in [-0.15, -0.1) is 0 Å². The number of benzene rings is 1. The number of carbonyl (C=O) groups excluding carboxylic acids is 1. The maximum atomic E-state index is 11.6. The van der Waals surface area contributed by atoms with Gasteiger partial charge in [-0.25, -0.2) is 0 Å². The first-order valence-electron chi connectivity index (χ1n) is 5.84. The zero-order chi connectivity index (χ0) is 13.0. The molecule has 0 unspecified atom stereocenters. The normalized spacial score (nSPS) is 10.7. The first kappa shape index (κ1) is 13.7. The Hall–Kier alpha value is -1.35. The van der Waals surface area contributed by atoms with Gasteiger partial charge >= 0.3 is 0 Å². The first-order chi connectivity index (χ1) is 7.88. The first-order valence-corrected chi connectivity index (χ1v) is 5.84. The average molecular weight is 234 g/mol. The smallest absolute Gasteiger partial charge is 0.236 e. The second kappa shape index (κ2) is 5.82. The summed E-state index contributed by atoms with van der Waals surface area (Å²) in [6, 6.07) is 6.50. The molecule has 0 radical (unpaired) electrons. The molecule has 3 nitrogen and oxygen atoms in total. The van der Waals surface area contributed by atoms with E-state index in [0.29, 0.717) is 6.54 Å². The second-order valence-corrected chi connectivity index (χ2v) is 4.96. The van der Waals surface area contributed by atoms with Gasteiger partial charge in [0.05, 0.1) is 6.54 Å². The highest BCUT2D eigenvalue weighted by Gasteiger charge is 2.08. The van der Waals surface area contributed by atoms with Crippen LogP contribution in [0.15, 0.2) is 18.2 Å². The van der Waals surface area contributed by atoms with Gasteiger partial charge in [0.1, 0.15) is 0 Å². The fourth-order valence-electron chi connectivity index (χ4n) is 1.90. The monoisotopic (exact) mass is 234 g/mol. The molecule has 0 aliphatic heterocycles. The Bertz CT molecular complexity index is 379. The maximum absolute atomic E-state index is 11.6. The van der Waals surface area contributed by atoms with Crippen LogP contribution in [0.2, 0.25) is 0 Å². The molecule has 3 heteroatoms. The predicted molar refractivity (Wildman–Crippen MR) is 70.9 cm³/mol. The third-order valence-electron chi connectivity index (χ3n) is 2.64. The SMILES string of the molecule is Cc1cc(C)cc(CN(C)CC(=O)N(C)C)c1. The van der Waals surface area contributed by atoms with Crippen molar-refractivity contribution >= 4 is 5.91 Å². The van der Waals surface area contributed by atoms with Crippen molar-refractivity contribution in [3.05, 3.63) is 34.9 Å². The van der Waals surface area contributed by atoms with E-state index in [-0.39, 0.29) is 5.91 Å². The molecule has 0 atom stereocenters. The van der Waals surface area contributed by atoms with Crippen molar-refractivity contribution in [1.29, 1.82) is 0 Å². The van der Waals surface area contributed by atoms with Crippen LogP contribution in [0.1, 0.15) is 16.7 Å². The van der Waals surface area contributed by atoms with Gasteiger partial charge in [-0.1, -0.05) is 29.3 Å². The highest BCUT2D eigenvalue weighted by molar-refractivity contribution is 5.77. The van der Waals surface area contributed by atoms with E-state index in [1.165, 1.54) is 16.7 Å². The van der Waals surface area contributed by atoms with Crippen LogP contribution >= 0.6 is 0 Å². The van der Waals surface area contributed by atoms with Gasteiger partial charge in [-0.2, -0.15) is 0 Å². The minimum Gasteiger partial charge on any atom is -0.348 e. The number of likely N-dealkylation sites (N-methyl/N-ethyl adjacent to an activating group) is 2. The Labute approximate surface area is 104 Å². The molecule has 0 aliphatic carbocycles. The molecule has 1 aromatic rings. The van der Waals surface area contributed by atoms with Crippen molar-refractivity contribution in [1.82, 2.24) is 9.80 Å². The van der Waals surface area contributed by atoms with Crippen molar-refractivity contribution in [2.75, 3.05) is 27.7 Å². The summed E-state index contributed by atoms with van der Waals surface area (Å²) in [5.74, 6) is 0.136. The minimum absolute atomic E-state index is 0.136. The molecule has 0 N–H and O–H groups in total. The zero-order valence-electron chi connectivity index (χ0n) is 11.4. The Morgan fingerprint density at radius 3 is 2.06 bits per heavy atom. The highest BCUT2D eigenvalue weighted by atomic mass is 16.2. The van der Waals surface area contributed by atoms with E-state index in [9.17, 15) is 4.79 Å². The number of hydrogen-bond donors (Lipinski definition) is 0. The number of hydrogen-bond acceptors (Lipinski definition) is 2. The van der Waals surface area contributed by atoms with E-state index < -0.39 is 0 Å². The van der Waals surface area contributed by atoms with Crippen LogP contribution in [0, 0.1) is 13.8 Å². The van der Waals surface area contributed by atoms with Gasteiger partial charge in [0, 0.05) is 20.6 Å². The predicted octanol–water partition coefficient (Wildman–Crippen LogP) is 1.82. The summed E-state index contributed by atoms with van der Waals surface area (Å²) in [7, 11) is 5.54. The highest BCUT2D eigenvalue weighted by Crippen LogP contribution is 2.10. The third-order valence-corrected chi connectivity index (χ3v) is 2.64. The Morgan fingerprint density at radius 2 is 1.59 bits per heavy atom. The van der Waals surface area contributed by atoms with Crippen LogP contribution in [-0.4, -0.2) is 43.4 Å². The average Bonchev–Trinajstić information content (AvgIpc) is 2.14. The lowest BCUT2D eigenvalue weighted by atomic mass is 10.1. The molecule has 94 valence electrons. The molecule has 0 fully saturated rings. The zero-order valence-corrected chi connectivity index (χ0v) is 11.4. The molecule has 1 rings (SSSR count). The van der Waals surface area contributed by atoms with Crippen molar-refractivity contribution in [3.8, 4) is 0 Å². The number of carbonyl (C=O) groups is 1. The molecule has 1 aromatic carbocycles. The van der Waals surface area contributed by atoms with Crippen molar-refractivity contribution in [2.45, 2.75) is 20.4 Å². The lowest BCUT2D eigenvalue weighted by molar-refractivity contribution is -0.129. The fraction of sp³-hybridized carbons (Fsp3) is 0.500. The molecule has 0 saturated heterocycles. The second-order valence-electron chi connectivity index (χ2n) is 4.96. The van der Waals surface area contributed by atoms with Gasteiger partial charge in [-0.05, 0) is 26.5 Å². The minimum atomic E-state index is 0.136. The van der Waals surface area contributed by atoms with E-state index >= 15 is 0 Å². The van der Waals surface area contributed by atoms with E-state index in [1.54, 1.807) is 19.0 Å². The molecule has 0 aliphatic rings. The van der Waals surface area contributed by atoms with Crippen LogP contribution in [0.4, 0.5) is 0 Å². The van der Waals surface area contributed by atoms with Gasteiger partial charge in [0.15, 0.2) is 0 Å². The van der Waals surface area contributed by atoms with Crippen LogP contribution in [0.25, 0.3) is 0 Å². The summed E-state index contributed by atoms with van der Waals surface area (Å²) >= 11 is 0. The lowest BCUT2D eigenvalue weighted by Gasteiger charge is -2.19. The van der Waals surface area contributed by atoms with Crippen molar-refractivity contribution in [2.24, 2.45) is 0 Å². The molecule has 0 bridgehead atoms. The molecular formula is C14H22N2O. The molecule has 0 spiro atoms. The molecule has 0 saturated carbocycles. The Balaban J connectivity index is 2.61. The summed E-state index contributed by atoms with van der Waals surface area (Å²) in [5.41, 5.74) is 3.80. The van der Waals surface area contributed by atoms with Crippen LogP contribution in [0.5, 0.6) is 0 Å². The topological polar surface area (TPSA) is 23.6 Å². The van der Waals surface area contributed by atoms with Gasteiger partial charge in [-0.3, -0.25) is 9.69 Å². The molecule has 1 amide bonds. The summed E-state index contributed by atoms with van der Waals surface area (Å²) in [4.78, 5) is 15.2. The Morgan fingerprint density at radius 1 is 1.06 bits per heavy atom. The van der Waals surface area contributed by atoms with Gasteiger partial charge in [0.2, 0.25) is 5.91 Å². The molecule has 0 heterocycles. The van der Waals surface area contributed by atoms with E-state index in [2.05, 4.69) is 32.0 Å². The number of rotatable bonds is 4. The number of amides is 1. The van der Waals surface area contributed by atoms with Crippen LogP contribution in [-0.2, 0) is 11.3 Å². The van der Waals surface area contributed by atoms with Crippen LogP contribution < -0.4 is 0 Å². The maximum Gasteiger partial charge on any atom is 0.236 e. The molecule has 17 heavy (non-hydrogen) atoms. The quantitative estimate of drug-likeness (QED) is 0.793. The summed E-state index contributed by atoms with van der Waals surface area (Å²) in [6.07, 6.45) is 0. The third kappa shape index (κ3) is 4.57. The summed E-state index contributed by atoms with van der Waals surface area (Å²) < 4.78 is 0. The number of aryl methyl sites for hydroxylation is 2. The van der Waals surface area contributed by atoms with Crippen molar-refractivity contribution < 1.29 is 4.79 Å². The molecule has 0 aromatic heterocycles. The fourth-order valence-corrected chi connectivity index (χ4v) is 1.90. The van der Waals surface area contributed by atoms with E-state index in [1.807, 2.05) is 11.9 Å².